The van der Waals surface area contributed by atoms with Gasteiger partial charge in [-0.2, -0.15) is 0 Å². The molecule has 0 fully saturated rings. The van der Waals surface area contributed by atoms with Gasteiger partial charge in [-0.3, -0.25) is 0 Å². The summed E-state index contributed by atoms with van der Waals surface area (Å²) in [5.74, 6) is -1.57. The molecule has 7 heteroatoms. The molecule has 0 radical (unpaired) electrons. The molecular weight excluding hydrogens is 254 g/mol. The summed E-state index contributed by atoms with van der Waals surface area (Å²) in [5.41, 5.74) is 0.677. The van der Waals surface area contributed by atoms with Crippen LogP contribution in [0.3, 0.4) is 0 Å². The predicted octanol–water partition coefficient (Wildman–Crippen LogP) is 1.82. The zero-order valence-corrected chi connectivity index (χ0v) is 11.4. The summed E-state index contributed by atoms with van der Waals surface area (Å²) in [5, 5.41) is 14.0. The molecule has 0 aliphatic carbocycles. The van der Waals surface area contributed by atoms with E-state index in [1.54, 1.807) is 14.0 Å². The standard InChI is InChI=1S/C12H20F2N4O/c1-4-5-9-17-10(15-3)8(2)11(18-9)16-6-12(13,14)7-19/h19H,4-7H2,1-3H3,(H2,15,16,17,18). The molecule has 0 amide bonds. The fourth-order valence-corrected chi connectivity index (χ4v) is 1.58. The van der Waals surface area contributed by atoms with E-state index in [9.17, 15) is 8.78 Å². The average Bonchev–Trinajstić information content (AvgIpc) is 2.39. The first-order valence-corrected chi connectivity index (χ1v) is 6.21. The van der Waals surface area contributed by atoms with Crippen molar-refractivity contribution in [3.05, 3.63) is 11.4 Å². The molecule has 1 rings (SSSR count). The molecule has 1 aromatic rings. The number of aliphatic hydroxyl groups excluding tert-OH is 1. The van der Waals surface area contributed by atoms with E-state index in [4.69, 9.17) is 5.11 Å². The molecule has 0 spiro atoms. The maximum atomic E-state index is 13.0. The van der Waals surface area contributed by atoms with E-state index in [-0.39, 0.29) is 0 Å². The summed E-state index contributed by atoms with van der Waals surface area (Å²) in [4.78, 5) is 8.54. The molecule has 1 aromatic heterocycles. The van der Waals surface area contributed by atoms with Crippen molar-refractivity contribution in [3.8, 4) is 0 Å². The van der Waals surface area contributed by atoms with Crippen LogP contribution in [0.15, 0.2) is 0 Å². The summed E-state index contributed by atoms with van der Waals surface area (Å²) in [6.45, 7) is 1.90. The minimum Gasteiger partial charge on any atom is -0.390 e. The number of rotatable bonds is 7. The van der Waals surface area contributed by atoms with Crippen molar-refractivity contribution in [2.24, 2.45) is 0 Å². The Kier molecular flexibility index (Phi) is 5.41. The van der Waals surface area contributed by atoms with E-state index in [0.29, 0.717) is 29.4 Å². The number of nitrogens with zero attached hydrogens (tertiary/aromatic N) is 2. The predicted molar refractivity (Wildman–Crippen MR) is 70.8 cm³/mol. The number of aryl methyl sites for hydroxylation is 1. The number of hydrogen-bond donors (Lipinski definition) is 3. The third-order valence-electron chi connectivity index (χ3n) is 2.65. The third-order valence-corrected chi connectivity index (χ3v) is 2.65. The topological polar surface area (TPSA) is 70.1 Å². The van der Waals surface area contributed by atoms with Gasteiger partial charge < -0.3 is 15.7 Å². The Morgan fingerprint density at radius 2 is 1.89 bits per heavy atom. The second-order valence-corrected chi connectivity index (χ2v) is 4.33. The molecule has 0 atom stereocenters. The Bertz CT molecular complexity index is 426. The highest BCUT2D eigenvalue weighted by atomic mass is 19.3. The minimum atomic E-state index is -3.16. The lowest BCUT2D eigenvalue weighted by Gasteiger charge is -2.17. The fourth-order valence-electron chi connectivity index (χ4n) is 1.58. The van der Waals surface area contributed by atoms with Gasteiger partial charge in [-0.15, -0.1) is 0 Å². The third kappa shape index (κ3) is 4.27. The van der Waals surface area contributed by atoms with Gasteiger partial charge in [0.05, 0.1) is 6.54 Å². The quantitative estimate of drug-likeness (QED) is 0.707. The van der Waals surface area contributed by atoms with Gasteiger partial charge in [0.15, 0.2) is 0 Å². The first-order chi connectivity index (χ1) is 8.93. The summed E-state index contributed by atoms with van der Waals surface area (Å²) < 4.78 is 26.1. The number of alkyl halides is 2. The number of aliphatic hydroxyl groups is 1. The van der Waals surface area contributed by atoms with Crippen LogP contribution in [0.5, 0.6) is 0 Å². The lowest BCUT2D eigenvalue weighted by atomic mass is 10.2. The van der Waals surface area contributed by atoms with Crippen LogP contribution in [-0.4, -0.2) is 41.2 Å². The van der Waals surface area contributed by atoms with E-state index in [1.165, 1.54) is 0 Å². The van der Waals surface area contributed by atoms with Crippen LogP contribution in [0.2, 0.25) is 0 Å². The second-order valence-electron chi connectivity index (χ2n) is 4.33. The number of anilines is 2. The monoisotopic (exact) mass is 274 g/mol. The summed E-state index contributed by atoms with van der Waals surface area (Å²) in [6.07, 6.45) is 1.55. The van der Waals surface area contributed by atoms with Gasteiger partial charge in [0.1, 0.15) is 24.1 Å². The molecule has 0 saturated heterocycles. The van der Waals surface area contributed by atoms with Crippen LogP contribution in [0.1, 0.15) is 24.7 Å². The van der Waals surface area contributed by atoms with Crippen molar-refractivity contribution >= 4 is 11.6 Å². The number of hydrogen-bond acceptors (Lipinski definition) is 5. The van der Waals surface area contributed by atoms with Crippen molar-refractivity contribution in [3.63, 3.8) is 0 Å². The number of nitrogens with one attached hydrogen (secondary N) is 2. The zero-order chi connectivity index (χ0) is 14.5. The minimum absolute atomic E-state index is 0.371. The van der Waals surface area contributed by atoms with Crippen molar-refractivity contribution in [2.75, 3.05) is 30.8 Å². The summed E-state index contributed by atoms with van der Waals surface area (Å²) >= 11 is 0. The van der Waals surface area contributed by atoms with Crippen molar-refractivity contribution in [2.45, 2.75) is 32.6 Å². The SMILES string of the molecule is CCCc1nc(NC)c(C)c(NCC(F)(F)CO)n1. The lowest BCUT2D eigenvalue weighted by Crippen LogP contribution is -2.31. The molecule has 108 valence electrons. The Morgan fingerprint density at radius 1 is 1.26 bits per heavy atom. The molecule has 0 unspecified atom stereocenters. The van der Waals surface area contributed by atoms with Gasteiger partial charge in [0.2, 0.25) is 0 Å². The zero-order valence-electron chi connectivity index (χ0n) is 11.4. The Labute approximate surface area is 111 Å². The highest BCUT2D eigenvalue weighted by Crippen LogP contribution is 2.21. The van der Waals surface area contributed by atoms with Gasteiger partial charge in [-0.1, -0.05) is 6.92 Å². The number of aromatic nitrogens is 2. The number of halogens is 2. The average molecular weight is 274 g/mol. The van der Waals surface area contributed by atoms with E-state index in [2.05, 4.69) is 20.6 Å². The first-order valence-electron chi connectivity index (χ1n) is 6.21. The summed E-state index contributed by atoms with van der Waals surface area (Å²) in [6, 6.07) is 0. The Balaban J connectivity index is 2.95. The first kappa shape index (κ1) is 15.6. The lowest BCUT2D eigenvalue weighted by molar-refractivity contribution is -0.0373. The highest BCUT2D eigenvalue weighted by Gasteiger charge is 2.28. The maximum Gasteiger partial charge on any atom is 0.287 e. The van der Waals surface area contributed by atoms with E-state index in [1.807, 2.05) is 6.92 Å². The van der Waals surface area contributed by atoms with Crippen LogP contribution in [-0.2, 0) is 6.42 Å². The Hall–Kier alpha value is -1.50. The molecule has 1 heterocycles. The molecule has 0 aliphatic heterocycles. The van der Waals surface area contributed by atoms with Gasteiger partial charge in [-0.05, 0) is 13.3 Å². The molecule has 0 saturated carbocycles. The molecule has 0 aliphatic rings. The molecule has 3 N–H and O–H groups in total. The van der Waals surface area contributed by atoms with Crippen LogP contribution >= 0.6 is 0 Å². The second kappa shape index (κ2) is 6.60. The normalized spacial score (nSPS) is 11.5. The van der Waals surface area contributed by atoms with Crippen LogP contribution in [0.25, 0.3) is 0 Å². The fraction of sp³-hybridized carbons (Fsp3) is 0.667. The van der Waals surface area contributed by atoms with Crippen molar-refractivity contribution in [1.82, 2.24) is 9.97 Å². The van der Waals surface area contributed by atoms with Crippen LogP contribution in [0.4, 0.5) is 20.4 Å². The largest absolute Gasteiger partial charge is 0.390 e. The van der Waals surface area contributed by atoms with Crippen LogP contribution in [0, 0.1) is 6.92 Å². The van der Waals surface area contributed by atoms with Crippen molar-refractivity contribution in [1.29, 1.82) is 0 Å². The summed E-state index contributed by atoms with van der Waals surface area (Å²) in [7, 11) is 1.72. The van der Waals surface area contributed by atoms with Gasteiger partial charge in [0, 0.05) is 19.0 Å². The van der Waals surface area contributed by atoms with E-state index in [0.717, 1.165) is 6.42 Å². The molecular formula is C12H20F2N4O. The van der Waals surface area contributed by atoms with Gasteiger partial charge in [0.25, 0.3) is 5.92 Å². The van der Waals surface area contributed by atoms with Crippen LogP contribution < -0.4 is 10.6 Å². The molecule has 0 bridgehead atoms. The highest BCUT2D eigenvalue weighted by molar-refractivity contribution is 5.57. The maximum absolute atomic E-state index is 13.0. The van der Waals surface area contributed by atoms with E-state index < -0.39 is 19.1 Å². The Morgan fingerprint density at radius 3 is 2.42 bits per heavy atom. The molecule has 0 aromatic carbocycles. The smallest absolute Gasteiger partial charge is 0.287 e. The van der Waals surface area contributed by atoms with Crippen molar-refractivity contribution < 1.29 is 13.9 Å². The molecule has 5 nitrogen and oxygen atoms in total. The molecule has 19 heavy (non-hydrogen) atoms. The van der Waals surface area contributed by atoms with Gasteiger partial charge in [-0.25, -0.2) is 18.7 Å². The van der Waals surface area contributed by atoms with E-state index >= 15 is 0 Å². The van der Waals surface area contributed by atoms with Gasteiger partial charge >= 0.3 is 0 Å².